The number of nitrogens with zero attached hydrogens (tertiary/aromatic N) is 4. The molecular weight excluding hydrogens is 428 g/mol. The van der Waals surface area contributed by atoms with E-state index in [2.05, 4.69) is 10.1 Å². The number of aromatic nitrogens is 1. The fraction of sp³-hybridized carbons (Fsp3) is 0.565. The molecule has 174 valence electrons. The van der Waals surface area contributed by atoms with E-state index in [0.29, 0.717) is 25.2 Å². The SMILES string of the molecule is Cc1cc(CN2CCN(C(=O)c3cccc(S(=O)(=O)N(C)C4CCCCC4)c3)CC2)on1. The molecule has 0 radical (unpaired) electrons. The van der Waals surface area contributed by atoms with Gasteiger partial charge in [0.25, 0.3) is 5.91 Å². The maximum atomic E-state index is 13.2. The molecule has 0 atom stereocenters. The summed E-state index contributed by atoms with van der Waals surface area (Å²) in [7, 11) is -1.97. The van der Waals surface area contributed by atoms with Gasteiger partial charge in [-0.25, -0.2) is 8.42 Å². The third-order valence-corrected chi connectivity index (χ3v) is 8.47. The molecule has 8 nitrogen and oxygen atoms in total. The third kappa shape index (κ3) is 5.05. The van der Waals surface area contributed by atoms with Crippen molar-refractivity contribution < 1.29 is 17.7 Å². The molecule has 1 aliphatic carbocycles. The van der Waals surface area contributed by atoms with Gasteiger partial charge in [0, 0.05) is 50.9 Å². The topological polar surface area (TPSA) is 87.0 Å². The molecule has 2 aliphatic rings. The van der Waals surface area contributed by atoms with E-state index >= 15 is 0 Å². The van der Waals surface area contributed by atoms with Crippen LogP contribution in [0, 0.1) is 6.92 Å². The fourth-order valence-electron chi connectivity index (χ4n) is 4.60. The molecule has 1 saturated heterocycles. The first-order chi connectivity index (χ1) is 15.3. The fourth-order valence-corrected chi connectivity index (χ4v) is 6.06. The van der Waals surface area contributed by atoms with Crippen LogP contribution in [0.4, 0.5) is 0 Å². The molecule has 1 aliphatic heterocycles. The molecule has 32 heavy (non-hydrogen) atoms. The molecule has 0 N–H and O–H groups in total. The van der Waals surface area contributed by atoms with Crippen LogP contribution >= 0.6 is 0 Å². The Balaban J connectivity index is 1.40. The Labute approximate surface area is 190 Å². The number of benzene rings is 1. The zero-order valence-electron chi connectivity index (χ0n) is 18.9. The summed E-state index contributed by atoms with van der Waals surface area (Å²) in [6.07, 6.45) is 5.08. The van der Waals surface area contributed by atoms with Crippen LogP contribution in [0.25, 0.3) is 0 Å². The molecule has 1 aromatic carbocycles. The van der Waals surface area contributed by atoms with E-state index in [9.17, 15) is 13.2 Å². The molecular formula is C23H32N4O4S. The third-order valence-electron chi connectivity index (χ3n) is 6.56. The van der Waals surface area contributed by atoms with Crippen LogP contribution in [0.1, 0.15) is 53.9 Å². The van der Waals surface area contributed by atoms with Gasteiger partial charge in [0.05, 0.1) is 17.1 Å². The van der Waals surface area contributed by atoms with Gasteiger partial charge >= 0.3 is 0 Å². The summed E-state index contributed by atoms with van der Waals surface area (Å²) in [5, 5.41) is 3.92. The lowest BCUT2D eigenvalue weighted by molar-refractivity contribution is 0.0617. The Hall–Kier alpha value is -2.23. The quantitative estimate of drug-likeness (QED) is 0.659. The van der Waals surface area contributed by atoms with E-state index in [0.717, 1.165) is 50.2 Å². The zero-order valence-corrected chi connectivity index (χ0v) is 19.7. The van der Waals surface area contributed by atoms with Crippen LogP contribution < -0.4 is 0 Å². The number of rotatable bonds is 6. The highest BCUT2D eigenvalue weighted by molar-refractivity contribution is 7.89. The number of hydrogen-bond donors (Lipinski definition) is 0. The van der Waals surface area contributed by atoms with Gasteiger partial charge in [0.2, 0.25) is 10.0 Å². The number of amides is 1. The summed E-state index contributed by atoms with van der Waals surface area (Å²) >= 11 is 0. The highest BCUT2D eigenvalue weighted by atomic mass is 32.2. The first-order valence-corrected chi connectivity index (χ1v) is 12.8. The van der Waals surface area contributed by atoms with Gasteiger partial charge < -0.3 is 9.42 Å². The molecule has 0 spiro atoms. The molecule has 9 heteroatoms. The smallest absolute Gasteiger partial charge is 0.253 e. The summed E-state index contributed by atoms with van der Waals surface area (Å²) in [5.74, 6) is 0.694. The second-order valence-corrected chi connectivity index (χ2v) is 10.8. The summed E-state index contributed by atoms with van der Waals surface area (Å²) in [6, 6.07) is 8.44. The minimum absolute atomic E-state index is 0.0364. The maximum Gasteiger partial charge on any atom is 0.253 e. The number of sulfonamides is 1. The van der Waals surface area contributed by atoms with Crippen molar-refractivity contribution in [1.82, 2.24) is 19.3 Å². The van der Waals surface area contributed by atoms with Crippen molar-refractivity contribution in [1.29, 1.82) is 0 Å². The Kier molecular flexibility index (Phi) is 6.97. The Bertz CT molecular complexity index is 1040. The summed E-state index contributed by atoms with van der Waals surface area (Å²) < 4.78 is 33.1. The van der Waals surface area contributed by atoms with Crippen LogP contribution in [0.2, 0.25) is 0 Å². The standard InChI is InChI=1S/C23H32N4O4S/c1-18-15-21(31-24-18)17-26-11-13-27(14-12-26)23(28)19-7-6-10-22(16-19)32(29,30)25(2)20-8-4-3-5-9-20/h6-7,10,15-16,20H,3-5,8-9,11-14,17H2,1-2H3. The van der Waals surface area contributed by atoms with Crippen molar-refractivity contribution in [3.63, 3.8) is 0 Å². The minimum Gasteiger partial charge on any atom is -0.360 e. The van der Waals surface area contributed by atoms with E-state index in [1.165, 1.54) is 16.8 Å². The number of carbonyl (C=O) groups excluding carboxylic acids is 1. The van der Waals surface area contributed by atoms with E-state index in [1.54, 1.807) is 30.1 Å². The van der Waals surface area contributed by atoms with Crippen molar-refractivity contribution in [2.75, 3.05) is 33.2 Å². The van der Waals surface area contributed by atoms with Gasteiger partial charge in [-0.05, 0) is 38.0 Å². The second-order valence-electron chi connectivity index (χ2n) is 8.84. The molecule has 4 rings (SSSR count). The van der Waals surface area contributed by atoms with Crippen LogP contribution in [0.3, 0.4) is 0 Å². The van der Waals surface area contributed by atoms with Crippen LogP contribution in [-0.4, -0.2) is 72.9 Å². The van der Waals surface area contributed by atoms with Gasteiger partial charge in [0.15, 0.2) is 5.76 Å². The lowest BCUT2D eigenvalue weighted by Crippen LogP contribution is -2.48. The Morgan fingerprint density at radius 1 is 1.12 bits per heavy atom. The predicted octanol–water partition coefficient (Wildman–Crippen LogP) is 2.89. The highest BCUT2D eigenvalue weighted by Crippen LogP contribution is 2.27. The second kappa shape index (κ2) is 9.72. The summed E-state index contributed by atoms with van der Waals surface area (Å²) in [5.41, 5.74) is 1.28. The summed E-state index contributed by atoms with van der Waals surface area (Å²) in [4.78, 5) is 17.3. The van der Waals surface area contributed by atoms with Gasteiger partial charge in [-0.15, -0.1) is 0 Å². The lowest BCUT2D eigenvalue weighted by atomic mass is 9.96. The van der Waals surface area contributed by atoms with Crippen molar-refractivity contribution in [2.45, 2.75) is 56.5 Å². The van der Waals surface area contributed by atoms with E-state index < -0.39 is 10.0 Å². The van der Waals surface area contributed by atoms with Crippen molar-refractivity contribution >= 4 is 15.9 Å². The number of piperazine rings is 1. The average molecular weight is 461 g/mol. The Morgan fingerprint density at radius 2 is 1.84 bits per heavy atom. The first-order valence-electron chi connectivity index (χ1n) is 11.4. The zero-order chi connectivity index (χ0) is 22.7. The number of aryl methyl sites for hydroxylation is 1. The number of carbonyl (C=O) groups is 1. The molecule has 2 aromatic rings. The minimum atomic E-state index is -3.63. The van der Waals surface area contributed by atoms with Crippen molar-refractivity contribution in [3.8, 4) is 0 Å². The monoisotopic (exact) mass is 460 g/mol. The van der Waals surface area contributed by atoms with Crippen molar-refractivity contribution in [2.24, 2.45) is 0 Å². The van der Waals surface area contributed by atoms with Crippen LogP contribution in [-0.2, 0) is 16.6 Å². The molecule has 1 aromatic heterocycles. The van der Waals surface area contributed by atoms with Gasteiger partial charge in [0.1, 0.15) is 0 Å². The van der Waals surface area contributed by atoms with E-state index in [-0.39, 0.29) is 16.8 Å². The Morgan fingerprint density at radius 3 is 2.50 bits per heavy atom. The highest BCUT2D eigenvalue weighted by Gasteiger charge is 2.30. The largest absolute Gasteiger partial charge is 0.360 e. The molecule has 1 saturated carbocycles. The summed E-state index contributed by atoms with van der Waals surface area (Å²) in [6.45, 7) is 5.20. The lowest BCUT2D eigenvalue weighted by Gasteiger charge is -2.34. The van der Waals surface area contributed by atoms with Crippen LogP contribution in [0.15, 0.2) is 39.8 Å². The molecule has 2 heterocycles. The van der Waals surface area contributed by atoms with Gasteiger partial charge in [-0.3, -0.25) is 9.69 Å². The molecule has 1 amide bonds. The maximum absolute atomic E-state index is 13.2. The predicted molar refractivity (Wildman–Crippen MR) is 121 cm³/mol. The van der Waals surface area contributed by atoms with Crippen molar-refractivity contribution in [3.05, 3.63) is 47.3 Å². The van der Waals surface area contributed by atoms with Gasteiger partial charge in [-0.1, -0.05) is 30.5 Å². The average Bonchev–Trinajstić information content (AvgIpc) is 3.23. The molecule has 2 fully saturated rings. The number of hydrogen-bond acceptors (Lipinski definition) is 6. The van der Waals surface area contributed by atoms with E-state index in [1.807, 2.05) is 13.0 Å². The molecule has 0 unspecified atom stereocenters. The van der Waals surface area contributed by atoms with Crippen LogP contribution in [0.5, 0.6) is 0 Å². The normalized spacial score (nSPS) is 18.9. The van der Waals surface area contributed by atoms with E-state index in [4.69, 9.17) is 4.52 Å². The molecule has 0 bridgehead atoms. The first kappa shape index (κ1) is 22.9. The van der Waals surface area contributed by atoms with Gasteiger partial charge in [-0.2, -0.15) is 4.31 Å².